The second kappa shape index (κ2) is 14.1. The maximum atomic E-state index is 12.5. The molecule has 0 aliphatic carbocycles. The van der Waals surface area contributed by atoms with Gasteiger partial charge in [-0.3, -0.25) is 20.4 Å². The van der Waals surface area contributed by atoms with Gasteiger partial charge in [-0.05, 0) is 52.3 Å². The zero-order chi connectivity index (χ0) is 25.9. The topological polar surface area (TPSA) is 104 Å². The first-order valence-corrected chi connectivity index (χ1v) is 13.9. The molecule has 190 valence electrons. The van der Waals surface area contributed by atoms with E-state index < -0.39 is 24.0 Å². The first-order chi connectivity index (χ1) is 17.3. The van der Waals surface area contributed by atoms with Crippen LogP contribution < -0.4 is 16.6 Å². The molecule has 3 rings (SSSR count). The Morgan fingerprint density at radius 3 is 2.31 bits per heavy atom. The van der Waals surface area contributed by atoms with Crippen molar-refractivity contribution >= 4 is 35.3 Å². The molecule has 0 aromatic heterocycles. The van der Waals surface area contributed by atoms with Crippen LogP contribution in [0.25, 0.3) is 11.1 Å². The highest BCUT2D eigenvalue weighted by Crippen LogP contribution is 2.26. The summed E-state index contributed by atoms with van der Waals surface area (Å²) in [6.45, 7) is 4.15. The van der Waals surface area contributed by atoms with Crippen LogP contribution in [-0.4, -0.2) is 40.1 Å². The Hall–Kier alpha value is -2.78. The molecule has 0 heterocycles. The van der Waals surface area contributed by atoms with Crippen molar-refractivity contribution in [2.45, 2.75) is 48.3 Å². The normalized spacial score (nSPS) is 12.7. The van der Waals surface area contributed by atoms with E-state index in [4.69, 9.17) is 5.73 Å². The quantitative estimate of drug-likeness (QED) is 0.216. The zero-order valence-corrected chi connectivity index (χ0v) is 22.1. The van der Waals surface area contributed by atoms with E-state index in [1.54, 1.807) is 41.7 Å². The van der Waals surface area contributed by atoms with Gasteiger partial charge in [0.25, 0.3) is 11.8 Å². The average molecular weight is 524 g/mol. The Balaban J connectivity index is 1.48. The van der Waals surface area contributed by atoms with Gasteiger partial charge in [0, 0.05) is 22.3 Å². The van der Waals surface area contributed by atoms with Crippen molar-refractivity contribution < 1.29 is 14.7 Å². The maximum absolute atomic E-state index is 12.5. The summed E-state index contributed by atoms with van der Waals surface area (Å²) in [5, 5.41) is 10.6. The van der Waals surface area contributed by atoms with Gasteiger partial charge in [0.2, 0.25) is 0 Å². The van der Waals surface area contributed by atoms with E-state index in [1.165, 1.54) is 16.7 Å². The fourth-order valence-corrected chi connectivity index (χ4v) is 5.16. The molecular weight excluding hydrogens is 490 g/mol. The van der Waals surface area contributed by atoms with Gasteiger partial charge in [-0.1, -0.05) is 74.5 Å². The zero-order valence-electron chi connectivity index (χ0n) is 20.5. The van der Waals surface area contributed by atoms with Gasteiger partial charge in [0.15, 0.2) is 0 Å². The van der Waals surface area contributed by atoms with Gasteiger partial charge in [0.1, 0.15) is 6.10 Å². The summed E-state index contributed by atoms with van der Waals surface area (Å²) in [7, 11) is 0. The predicted octanol–water partition coefficient (Wildman–Crippen LogP) is 4.63. The number of hydrazine groups is 1. The summed E-state index contributed by atoms with van der Waals surface area (Å²) in [6, 6.07) is 25.2. The fraction of sp³-hybridized carbons (Fsp3) is 0.286. The molecular formula is C28H33N3O3S2. The highest BCUT2D eigenvalue weighted by molar-refractivity contribution is 7.99. The van der Waals surface area contributed by atoms with Crippen LogP contribution >= 0.6 is 23.5 Å². The highest BCUT2D eigenvalue weighted by Gasteiger charge is 2.23. The van der Waals surface area contributed by atoms with E-state index in [9.17, 15) is 14.7 Å². The molecule has 3 aromatic rings. The van der Waals surface area contributed by atoms with Crippen molar-refractivity contribution in [1.29, 1.82) is 0 Å². The maximum Gasteiger partial charge on any atom is 0.269 e. The number of hydrogen-bond acceptors (Lipinski definition) is 6. The summed E-state index contributed by atoms with van der Waals surface area (Å²) in [5.41, 5.74) is 14.5. The molecule has 0 aliphatic rings. The number of aliphatic hydroxyl groups excluding tert-OH is 1. The minimum Gasteiger partial charge on any atom is -0.382 e. The summed E-state index contributed by atoms with van der Waals surface area (Å²) in [6.07, 6.45) is -0.896. The smallest absolute Gasteiger partial charge is 0.269 e. The Morgan fingerprint density at radius 2 is 1.61 bits per heavy atom. The lowest BCUT2D eigenvalue weighted by Gasteiger charge is -2.19. The average Bonchev–Trinajstić information content (AvgIpc) is 2.90. The molecule has 0 saturated heterocycles. The van der Waals surface area contributed by atoms with Crippen LogP contribution in [0, 0.1) is 0 Å². The summed E-state index contributed by atoms with van der Waals surface area (Å²) in [5.74, 6) is 0.316. The number of rotatable bonds is 11. The lowest BCUT2D eigenvalue weighted by molar-refractivity contribution is -0.131. The summed E-state index contributed by atoms with van der Waals surface area (Å²) in [4.78, 5) is 25.7. The van der Waals surface area contributed by atoms with Crippen LogP contribution in [-0.2, 0) is 10.5 Å². The Morgan fingerprint density at radius 1 is 0.917 bits per heavy atom. The SMILES string of the molecule is CC(C)SCC[C@@H](N)C(O)C(=O)NNC(=O)c1cccc(SCc2ccc(-c3ccccc3)cc2)c1. The Kier molecular flexibility index (Phi) is 10.9. The number of carbonyl (C=O) groups is 2. The molecule has 0 radical (unpaired) electrons. The van der Waals surface area contributed by atoms with Gasteiger partial charge < -0.3 is 10.8 Å². The third-order valence-electron chi connectivity index (χ3n) is 5.44. The number of carbonyl (C=O) groups excluding carboxylic acids is 2. The number of nitrogens with two attached hydrogens (primary N) is 1. The van der Waals surface area contributed by atoms with Crippen LogP contribution in [0.15, 0.2) is 83.8 Å². The van der Waals surface area contributed by atoms with Crippen molar-refractivity contribution in [1.82, 2.24) is 10.9 Å². The van der Waals surface area contributed by atoms with Crippen molar-refractivity contribution in [3.63, 3.8) is 0 Å². The van der Waals surface area contributed by atoms with Gasteiger partial charge in [-0.25, -0.2) is 0 Å². The van der Waals surface area contributed by atoms with E-state index in [1.807, 2.05) is 24.3 Å². The molecule has 5 N–H and O–H groups in total. The molecule has 6 nitrogen and oxygen atoms in total. The first-order valence-electron chi connectivity index (χ1n) is 11.9. The van der Waals surface area contributed by atoms with Crippen molar-refractivity contribution in [2.75, 3.05) is 5.75 Å². The molecule has 3 aromatic carbocycles. The van der Waals surface area contributed by atoms with Gasteiger partial charge in [0.05, 0.1) is 0 Å². The minimum atomic E-state index is -1.40. The van der Waals surface area contributed by atoms with Crippen molar-refractivity contribution in [3.05, 3.63) is 90.0 Å². The largest absolute Gasteiger partial charge is 0.382 e. The summed E-state index contributed by atoms with van der Waals surface area (Å²) < 4.78 is 0. The Bertz CT molecular complexity index is 1120. The van der Waals surface area contributed by atoms with Gasteiger partial charge in [-0.15, -0.1) is 11.8 Å². The molecule has 36 heavy (non-hydrogen) atoms. The minimum absolute atomic E-state index is 0.409. The van der Waals surface area contributed by atoms with Crippen LogP contribution in [0.4, 0.5) is 0 Å². The van der Waals surface area contributed by atoms with Crippen LogP contribution in [0.3, 0.4) is 0 Å². The number of aliphatic hydroxyl groups is 1. The lowest BCUT2D eigenvalue weighted by Crippen LogP contribution is -2.52. The van der Waals surface area contributed by atoms with E-state index in [0.29, 0.717) is 17.2 Å². The van der Waals surface area contributed by atoms with Gasteiger partial charge >= 0.3 is 0 Å². The second-order valence-electron chi connectivity index (χ2n) is 8.64. The number of amides is 2. The molecule has 8 heteroatoms. The summed E-state index contributed by atoms with van der Waals surface area (Å²) >= 11 is 3.34. The third kappa shape index (κ3) is 8.71. The molecule has 2 amide bonds. The number of hydrogen-bond donors (Lipinski definition) is 4. The molecule has 0 aliphatic heterocycles. The van der Waals surface area contributed by atoms with E-state index in [0.717, 1.165) is 16.4 Å². The van der Waals surface area contributed by atoms with Crippen LogP contribution in [0.5, 0.6) is 0 Å². The number of thioether (sulfide) groups is 2. The number of benzene rings is 3. The molecule has 2 atom stereocenters. The first kappa shape index (κ1) is 27.8. The molecule has 1 unspecified atom stereocenters. The number of nitrogens with one attached hydrogen (secondary N) is 2. The van der Waals surface area contributed by atoms with E-state index in [2.05, 4.69) is 61.1 Å². The van der Waals surface area contributed by atoms with Crippen molar-refractivity contribution in [2.24, 2.45) is 5.73 Å². The van der Waals surface area contributed by atoms with Crippen LogP contribution in [0.2, 0.25) is 0 Å². The molecule has 0 fully saturated rings. The molecule has 0 saturated carbocycles. The van der Waals surface area contributed by atoms with E-state index in [-0.39, 0.29) is 0 Å². The monoisotopic (exact) mass is 523 g/mol. The molecule has 0 bridgehead atoms. The van der Waals surface area contributed by atoms with Crippen molar-refractivity contribution in [3.8, 4) is 11.1 Å². The van der Waals surface area contributed by atoms with E-state index >= 15 is 0 Å². The third-order valence-corrected chi connectivity index (χ3v) is 7.64. The molecule has 0 spiro atoms. The highest BCUT2D eigenvalue weighted by atomic mass is 32.2. The lowest BCUT2D eigenvalue weighted by atomic mass is 10.0. The predicted molar refractivity (Wildman–Crippen MR) is 150 cm³/mol. The second-order valence-corrected chi connectivity index (χ2v) is 11.4. The van der Waals surface area contributed by atoms with Crippen LogP contribution in [0.1, 0.15) is 36.2 Å². The fourth-order valence-electron chi connectivity index (χ4n) is 3.37. The van der Waals surface area contributed by atoms with Gasteiger partial charge in [-0.2, -0.15) is 11.8 Å². The standard InChI is InChI=1S/C28H33N3O3S2/c1-19(2)35-16-15-25(29)26(32)28(34)31-30-27(33)23-9-6-10-24(17-23)36-18-20-11-13-22(14-12-20)21-7-4-3-5-8-21/h3-14,17,19,25-26,32H,15-16,18,29H2,1-2H3,(H,30,33)(H,31,34)/t25-,26?/m1/s1. The Labute approximate surface area is 221 Å².